The molecule has 22 heavy (non-hydrogen) atoms. The quantitative estimate of drug-likeness (QED) is 0.618. The summed E-state index contributed by atoms with van der Waals surface area (Å²) in [7, 11) is -4.03. The lowest BCUT2D eigenvalue weighted by Gasteiger charge is -2.10. The highest BCUT2D eigenvalue weighted by molar-refractivity contribution is 7.85. The number of rotatable bonds is 7. The summed E-state index contributed by atoms with van der Waals surface area (Å²) in [6.07, 6.45) is 0.178. The molecule has 1 atom stereocenters. The van der Waals surface area contributed by atoms with Crippen molar-refractivity contribution in [3.05, 3.63) is 36.4 Å². The fourth-order valence-electron chi connectivity index (χ4n) is 2.05. The van der Waals surface area contributed by atoms with E-state index in [1.165, 1.54) is 0 Å². The average Bonchev–Trinajstić information content (AvgIpc) is 3.28. The van der Waals surface area contributed by atoms with Crippen molar-refractivity contribution in [1.82, 2.24) is 0 Å². The van der Waals surface area contributed by atoms with Crippen molar-refractivity contribution in [3.63, 3.8) is 0 Å². The lowest BCUT2D eigenvalue weighted by molar-refractivity contribution is 0.263. The highest BCUT2D eigenvalue weighted by Gasteiger charge is 2.23. The highest BCUT2D eigenvalue weighted by atomic mass is 32.2. The van der Waals surface area contributed by atoms with E-state index >= 15 is 0 Å². The Morgan fingerprint density at radius 2 is 2.05 bits per heavy atom. The van der Waals surface area contributed by atoms with Gasteiger partial charge in [0.05, 0.1) is 6.61 Å². The van der Waals surface area contributed by atoms with E-state index in [0.717, 1.165) is 17.4 Å². The molecule has 0 saturated carbocycles. The van der Waals surface area contributed by atoms with Gasteiger partial charge in [0.1, 0.15) is 36.6 Å². The van der Waals surface area contributed by atoms with Crippen LogP contribution in [0.2, 0.25) is 0 Å². The number of fused-ring (bicyclic) bond motifs is 1. The zero-order chi connectivity index (χ0) is 15.6. The summed E-state index contributed by atoms with van der Waals surface area (Å²) in [6.45, 7) is 1.13. The Morgan fingerprint density at radius 1 is 1.23 bits per heavy atom. The highest BCUT2D eigenvalue weighted by Crippen LogP contribution is 2.29. The first-order valence-corrected chi connectivity index (χ1v) is 8.47. The number of benzene rings is 2. The zero-order valence-electron chi connectivity index (χ0n) is 11.8. The van der Waals surface area contributed by atoms with Crippen LogP contribution in [0.4, 0.5) is 0 Å². The van der Waals surface area contributed by atoms with Crippen LogP contribution in [0.5, 0.6) is 11.5 Å². The predicted octanol–water partition coefficient (Wildman–Crippen LogP) is 1.88. The Labute approximate surface area is 128 Å². The third-order valence-electron chi connectivity index (χ3n) is 3.25. The van der Waals surface area contributed by atoms with Crippen LogP contribution in [0.15, 0.2) is 36.4 Å². The maximum absolute atomic E-state index is 10.7. The van der Waals surface area contributed by atoms with Gasteiger partial charge in [0, 0.05) is 5.39 Å². The molecule has 1 aliphatic rings. The average molecular weight is 324 g/mol. The van der Waals surface area contributed by atoms with Gasteiger partial charge in [-0.15, -0.1) is 0 Å². The SMILES string of the molecule is O=S(=O)(O)CCOc1cccc2ccc(OCC3CO3)cc12. The fraction of sp³-hybridized carbons (Fsp3) is 0.333. The molecule has 0 bridgehead atoms. The predicted molar refractivity (Wildman–Crippen MR) is 81.1 cm³/mol. The molecule has 1 aliphatic heterocycles. The minimum Gasteiger partial charge on any atom is -0.492 e. The van der Waals surface area contributed by atoms with Crippen LogP contribution >= 0.6 is 0 Å². The van der Waals surface area contributed by atoms with Gasteiger partial charge >= 0.3 is 0 Å². The van der Waals surface area contributed by atoms with Crippen LogP contribution in [0, 0.1) is 0 Å². The molecule has 0 radical (unpaired) electrons. The third kappa shape index (κ3) is 4.09. The number of hydrogen-bond donors (Lipinski definition) is 1. The van der Waals surface area contributed by atoms with Crippen molar-refractivity contribution in [2.75, 3.05) is 25.6 Å². The Bertz CT molecular complexity index is 767. The maximum atomic E-state index is 10.7. The first-order valence-electron chi connectivity index (χ1n) is 6.86. The van der Waals surface area contributed by atoms with E-state index in [9.17, 15) is 8.42 Å². The van der Waals surface area contributed by atoms with E-state index < -0.39 is 15.9 Å². The van der Waals surface area contributed by atoms with Crippen molar-refractivity contribution < 1.29 is 27.2 Å². The number of hydrogen-bond acceptors (Lipinski definition) is 5. The first kappa shape index (κ1) is 15.1. The van der Waals surface area contributed by atoms with Gasteiger partial charge in [0.2, 0.25) is 0 Å². The number of epoxide rings is 1. The molecular weight excluding hydrogens is 308 g/mol. The van der Waals surface area contributed by atoms with Crippen molar-refractivity contribution in [2.45, 2.75) is 6.10 Å². The van der Waals surface area contributed by atoms with E-state index in [4.69, 9.17) is 18.8 Å². The lowest BCUT2D eigenvalue weighted by Crippen LogP contribution is -2.12. The summed E-state index contributed by atoms with van der Waals surface area (Å²) in [5.41, 5.74) is 0. The van der Waals surface area contributed by atoms with Crippen molar-refractivity contribution in [3.8, 4) is 11.5 Å². The van der Waals surface area contributed by atoms with Crippen LogP contribution in [-0.4, -0.2) is 44.6 Å². The van der Waals surface area contributed by atoms with Crippen LogP contribution < -0.4 is 9.47 Å². The molecule has 0 spiro atoms. The molecular formula is C15H16O6S. The first-order chi connectivity index (χ1) is 10.5. The molecule has 6 nitrogen and oxygen atoms in total. The van der Waals surface area contributed by atoms with Gasteiger partial charge in [-0.25, -0.2) is 0 Å². The second kappa shape index (κ2) is 6.12. The Kier molecular flexibility index (Phi) is 4.19. The van der Waals surface area contributed by atoms with Gasteiger partial charge in [0.25, 0.3) is 10.1 Å². The minimum absolute atomic E-state index is 0.112. The van der Waals surface area contributed by atoms with Crippen LogP contribution in [-0.2, 0) is 14.9 Å². The molecule has 1 heterocycles. The molecule has 7 heteroatoms. The lowest BCUT2D eigenvalue weighted by atomic mass is 10.1. The Balaban J connectivity index is 1.77. The Hall–Kier alpha value is -1.83. The van der Waals surface area contributed by atoms with Crippen LogP contribution in [0.3, 0.4) is 0 Å². The molecule has 2 aromatic carbocycles. The molecule has 1 fully saturated rings. The molecule has 1 N–H and O–H groups in total. The summed E-state index contributed by atoms with van der Waals surface area (Å²) in [4.78, 5) is 0. The standard InChI is InChI=1S/C15H16O6S/c16-22(17,18)7-6-19-15-3-1-2-11-4-5-12(8-14(11)15)20-9-13-10-21-13/h1-5,8,13H,6-7,9-10H2,(H,16,17,18). The number of ether oxygens (including phenoxy) is 3. The molecule has 0 aliphatic carbocycles. The van der Waals surface area contributed by atoms with Crippen LogP contribution in [0.25, 0.3) is 10.8 Å². The van der Waals surface area contributed by atoms with Gasteiger partial charge in [-0.2, -0.15) is 8.42 Å². The van der Waals surface area contributed by atoms with E-state index in [0.29, 0.717) is 18.1 Å². The van der Waals surface area contributed by atoms with E-state index in [2.05, 4.69) is 0 Å². The monoisotopic (exact) mass is 324 g/mol. The summed E-state index contributed by atoms with van der Waals surface area (Å²) in [5, 5.41) is 1.78. The van der Waals surface area contributed by atoms with Gasteiger partial charge in [0.15, 0.2) is 0 Å². The topological polar surface area (TPSA) is 85.4 Å². The summed E-state index contributed by atoms with van der Waals surface area (Å²) < 4.78 is 46.4. The smallest absolute Gasteiger partial charge is 0.268 e. The van der Waals surface area contributed by atoms with Gasteiger partial charge in [-0.1, -0.05) is 18.2 Å². The third-order valence-corrected chi connectivity index (χ3v) is 3.93. The van der Waals surface area contributed by atoms with Gasteiger partial charge in [-0.05, 0) is 23.6 Å². The van der Waals surface area contributed by atoms with Gasteiger partial charge < -0.3 is 14.2 Å². The summed E-state index contributed by atoms with van der Waals surface area (Å²) in [5.74, 6) is 0.807. The van der Waals surface area contributed by atoms with Crippen molar-refractivity contribution in [1.29, 1.82) is 0 Å². The largest absolute Gasteiger partial charge is 0.492 e. The van der Waals surface area contributed by atoms with Gasteiger partial charge in [-0.3, -0.25) is 4.55 Å². The molecule has 1 saturated heterocycles. The molecule has 0 amide bonds. The second-order valence-electron chi connectivity index (χ2n) is 5.04. The normalized spacial score (nSPS) is 17.4. The minimum atomic E-state index is -4.03. The maximum Gasteiger partial charge on any atom is 0.268 e. The fourth-order valence-corrected chi connectivity index (χ4v) is 2.34. The molecule has 2 aromatic rings. The summed E-state index contributed by atoms with van der Waals surface area (Å²) in [6, 6.07) is 11.1. The van der Waals surface area contributed by atoms with E-state index in [-0.39, 0.29) is 12.7 Å². The Morgan fingerprint density at radius 3 is 2.77 bits per heavy atom. The summed E-state index contributed by atoms with van der Waals surface area (Å²) >= 11 is 0. The van der Waals surface area contributed by atoms with E-state index in [1.807, 2.05) is 30.3 Å². The molecule has 1 unspecified atom stereocenters. The van der Waals surface area contributed by atoms with Crippen molar-refractivity contribution >= 4 is 20.9 Å². The second-order valence-corrected chi connectivity index (χ2v) is 6.61. The van der Waals surface area contributed by atoms with Crippen molar-refractivity contribution in [2.24, 2.45) is 0 Å². The molecule has 3 rings (SSSR count). The zero-order valence-corrected chi connectivity index (χ0v) is 12.6. The molecule has 0 aromatic heterocycles. The molecule has 118 valence electrons. The van der Waals surface area contributed by atoms with Crippen LogP contribution in [0.1, 0.15) is 0 Å². The van der Waals surface area contributed by atoms with E-state index in [1.54, 1.807) is 6.07 Å².